The lowest BCUT2D eigenvalue weighted by atomic mass is 10.1. The van der Waals surface area contributed by atoms with E-state index >= 15 is 0 Å². The van der Waals surface area contributed by atoms with Gasteiger partial charge in [-0.3, -0.25) is 9.59 Å². The van der Waals surface area contributed by atoms with Crippen LogP contribution in [-0.4, -0.2) is 42.9 Å². The first-order valence-electron chi connectivity index (χ1n) is 10.7. The minimum absolute atomic E-state index is 0.116. The molecule has 0 aliphatic carbocycles. The van der Waals surface area contributed by atoms with E-state index in [4.69, 9.17) is 11.6 Å². The maximum atomic E-state index is 12.6. The number of benzene rings is 2. The van der Waals surface area contributed by atoms with Gasteiger partial charge < -0.3 is 15.5 Å². The van der Waals surface area contributed by atoms with Crippen molar-refractivity contribution in [2.45, 2.75) is 30.6 Å². The lowest BCUT2D eigenvalue weighted by molar-refractivity contribution is -0.112. The lowest BCUT2D eigenvalue weighted by Gasteiger charge is -2.21. The molecular formula is C24H26ClN3O2S. The number of carbonyl (C=O) groups excluding carboxylic acids is 2. The Labute approximate surface area is 192 Å². The zero-order chi connectivity index (χ0) is 21.6. The van der Waals surface area contributed by atoms with Crippen LogP contribution in [0.5, 0.6) is 0 Å². The minimum atomic E-state index is -0.198. The molecule has 2 amide bonds. The summed E-state index contributed by atoms with van der Waals surface area (Å²) in [5, 5.41) is 6.51. The number of hydrogen-bond donors (Lipinski definition) is 2. The third kappa shape index (κ3) is 5.70. The van der Waals surface area contributed by atoms with Crippen molar-refractivity contribution in [1.82, 2.24) is 10.2 Å². The number of amides is 2. The van der Waals surface area contributed by atoms with Crippen molar-refractivity contribution in [3.8, 4) is 0 Å². The SMILES string of the molecule is O=C1Nc2cc(C(=O)NCCN3CCCCCC3)ccc2S/C1=C\c1ccccc1Cl. The smallest absolute Gasteiger partial charge is 0.262 e. The van der Waals surface area contributed by atoms with Crippen LogP contribution in [0.3, 0.4) is 0 Å². The number of rotatable bonds is 5. The molecular weight excluding hydrogens is 430 g/mol. The van der Waals surface area contributed by atoms with Gasteiger partial charge in [0.15, 0.2) is 0 Å². The summed E-state index contributed by atoms with van der Waals surface area (Å²) in [6.45, 7) is 3.73. The molecule has 0 aromatic heterocycles. The molecule has 2 aromatic carbocycles. The zero-order valence-electron chi connectivity index (χ0n) is 17.3. The Hall–Kier alpha value is -2.28. The van der Waals surface area contributed by atoms with Gasteiger partial charge in [0.1, 0.15) is 0 Å². The number of thioether (sulfide) groups is 1. The summed E-state index contributed by atoms with van der Waals surface area (Å²) in [6.07, 6.45) is 6.87. The molecule has 2 aromatic rings. The second kappa shape index (κ2) is 10.4. The highest BCUT2D eigenvalue weighted by Crippen LogP contribution is 2.39. The summed E-state index contributed by atoms with van der Waals surface area (Å²) in [5.74, 6) is -0.314. The molecule has 1 fully saturated rings. The molecule has 0 atom stereocenters. The maximum Gasteiger partial charge on any atom is 0.262 e. The van der Waals surface area contributed by atoms with Crippen LogP contribution in [0.2, 0.25) is 5.02 Å². The first-order valence-corrected chi connectivity index (χ1v) is 11.9. The third-order valence-electron chi connectivity index (χ3n) is 5.54. The normalized spacial score (nSPS) is 18.2. The Morgan fingerprint density at radius 2 is 1.90 bits per heavy atom. The average molecular weight is 456 g/mol. The zero-order valence-corrected chi connectivity index (χ0v) is 18.9. The van der Waals surface area contributed by atoms with Crippen molar-refractivity contribution in [2.24, 2.45) is 0 Å². The molecule has 0 spiro atoms. The van der Waals surface area contributed by atoms with Crippen molar-refractivity contribution >= 4 is 46.9 Å². The number of fused-ring (bicyclic) bond motifs is 1. The van der Waals surface area contributed by atoms with Gasteiger partial charge in [0, 0.05) is 28.6 Å². The van der Waals surface area contributed by atoms with Crippen molar-refractivity contribution in [1.29, 1.82) is 0 Å². The van der Waals surface area contributed by atoms with Gasteiger partial charge in [0.05, 0.1) is 10.6 Å². The van der Waals surface area contributed by atoms with Gasteiger partial charge in [-0.05, 0) is 61.8 Å². The van der Waals surface area contributed by atoms with E-state index in [2.05, 4.69) is 15.5 Å². The van der Waals surface area contributed by atoms with Crippen LogP contribution < -0.4 is 10.6 Å². The second-order valence-electron chi connectivity index (χ2n) is 7.81. The van der Waals surface area contributed by atoms with Gasteiger partial charge in [-0.2, -0.15) is 0 Å². The molecule has 5 nitrogen and oxygen atoms in total. The summed E-state index contributed by atoms with van der Waals surface area (Å²) in [5.41, 5.74) is 2.01. The highest BCUT2D eigenvalue weighted by Gasteiger charge is 2.22. The summed E-state index contributed by atoms with van der Waals surface area (Å²) >= 11 is 7.59. The fourth-order valence-corrected chi connectivity index (χ4v) is 4.94. The van der Waals surface area contributed by atoms with Crippen molar-refractivity contribution in [2.75, 3.05) is 31.5 Å². The number of anilines is 1. The highest BCUT2D eigenvalue weighted by atomic mass is 35.5. The van der Waals surface area contributed by atoms with E-state index in [1.54, 1.807) is 24.3 Å². The van der Waals surface area contributed by atoms with Gasteiger partial charge in [-0.1, -0.05) is 54.4 Å². The van der Waals surface area contributed by atoms with Crippen LogP contribution >= 0.6 is 23.4 Å². The largest absolute Gasteiger partial charge is 0.351 e. The topological polar surface area (TPSA) is 61.4 Å². The second-order valence-corrected chi connectivity index (χ2v) is 9.30. The Kier molecular flexibility index (Phi) is 7.33. The predicted molar refractivity (Wildman–Crippen MR) is 128 cm³/mol. The number of likely N-dealkylation sites (tertiary alicyclic amines) is 1. The fraction of sp³-hybridized carbons (Fsp3) is 0.333. The predicted octanol–water partition coefficient (Wildman–Crippen LogP) is 5.03. The molecule has 2 N–H and O–H groups in total. The molecule has 0 saturated carbocycles. The van der Waals surface area contributed by atoms with Crippen LogP contribution in [0, 0.1) is 0 Å². The van der Waals surface area contributed by atoms with Crippen LogP contribution in [0.4, 0.5) is 5.69 Å². The summed E-state index contributed by atoms with van der Waals surface area (Å²) in [6, 6.07) is 12.8. The van der Waals surface area contributed by atoms with Crippen LogP contribution in [0.15, 0.2) is 52.3 Å². The average Bonchev–Trinajstić information content (AvgIpc) is 3.04. The molecule has 2 aliphatic heterocycles. The van der Waals surface area contributed by atoms with Gasteiger partial charge in [-0.15, -0.1) is 0 Å². The van der Waals surface area contributed by atoms with E-state index in [9.17, 15) is 9.59 Å². The van der Waals surface area contributed by atoms with E-state index in [0.29, 0.717) is 27.7 Å². The molecule has 7 heteroatoms. The van der Waals surface area contributed by atoms with Crippen molar-refractivity contribution in [3.05, 3.63) is 63.5 Å². The van der Waals surface area contributed by atoms with E-state index in [1.807, 2.05) is 24.3 Å². The van der Waals surface area contributed by atoms with Gasteiger partial charge >= 0.3 is 0 Å². The molecule has 0 bridgehead atoms. The van der Waals surface area contributed by atoms with E-state index in [0.717, 1.165) is 30.1 Å². The number of nitrogens with zero attached hydrogens (tertiary/aromatic N) is 1. The molecule has 4 rings (SSSR count). The first-order chi connectivity index (χ1) is 15.1. The molecule has 2 aliphatic rings. The highest BCUT2D eigenvalue weighted by molar-refractivity contribution is 8.04. The van der Waals surface area contributed by atoms with Gasteiger partial charge in [0.2, 0.25) is 0 Å². The van der Waals surface area contributed by atoms with Gasteiger partial charge in [-0.25, -0.2) is 0 Å². The van der Waals surface area contributed by atoms with Crippen molar-refractivity contribution < 1.29 is 9.59 Å². The Balaban J connectivity index is 1.39. The Morgan fingerprint density at radius 1 is 1.13 bits per heavy atom. The van der Waals surface area contributed by atoms with Gasteiger partial charge in [0.25, 0.3) is 11.8 Å². The Morgan fingerprint density at radius 3 is 2.68 bits per heavy atom. The molecule has 1 saturated heterocycles. The van der Waals surface area contributed by atoms with Crippen LogP contribution in [0.1, 0.15) is 41.6 Å². The van der Waals surface area contributed by atoms with Crippen LogP contribution in [-0.2, 0) is 4.79 Å². The van der Waals surface area contributed by atoms with E-state index in [1.165, 1.54) is 37.4 Å². The third-order valence-corrected chi connectivity index (χ3v) is 6.98. The number of hydrogen-bond acceptors (Lipinski definition) is 4. The quantitative estimate of drug-likeness (QED) is 0.620. The standard InChI is InChI=1S/C24H26ClN3O2S/c25-19-8-4-3-7-17(19)16-22-24(30)27-20-15-18(9-10-21(20)31-22)23(29)26-11-14-28-12-5-1-2-6-13-28/h3-4,7-10,15-16H,1-2,5-6,11-14H2,(H,26,29)(H,27,30)/b22-16-. The summed E-state index contributed by atoms with van der Waals surface area (Å²) in [4.78, 5) is 29.1. The summed E-state index contributed by atoms with van der Waals surface area (Å²) < 4.78 is 0. The molecule has 0 radical (unpaired) electrons. The number of carbonyl (C=O) groups is 2. The number of halogens is 1. The summed E-state index contributed by atoms with van der Waals surface area (Å²) in [7, 11) is 0. The monoisotopic (exact) mass is 455 g/mol. The number of nitrogens with one attached hydrogen (secondary N) is 2. The molecule has 31 heavy (non-hydrogen) atoms. The minimum Gasteiger partial charge on any atom is -0.351 e. The molecule has 2 heterocycles. The molecule has 0 unspecified atom stereocenters. The molecule has 162 valence electrons. The maximum absolute atomic E-state index is 12.6. The van der Waals surface area contributed by atoms with Crippen LogP contribution in [0.25, 0.3) is 6.08 Å². The Bertz CT molecular complexity index is 1000. The lowest BCUT2D eigenvalue weighted by Crippen LogP contribution is -2.35. The first kappa shape index (κ1) is 21.9. The van der Waals surface area contributed by atoms with E-state index in [-0.39, 0.29) is 11.8 Å². The fourth-order valence-electron chi connectivity index (χ4n) is 3.82. The van der Waals surface area contributed by atoms with Crippen molar-refractivity contribution in [3.63, 3.8) is 0 Å². The van der Waals surface area contributed by atoms with E-state index < -0.39 is 0 Å².